The second kappa shape index (κ2) is 6.23. The van der Waals surface area contributed by atoms with E-state index in [4.69, 9.17) is 0 Å². The van der Waals surface area contributed by atoms with Crippen LogP contribution in [0.3, 0.4) is 0 Å². The number of carbonyl (C=O) groups excluding carboxylic acids is 1. The lowest BCUT2D eigenvalue weighted by molar-refractivity contribution is -0.116. The molecule has 0 aliphatic heterocycles. The average molecular weight is 375 g/mol. The molecule has 7 nitrogen and oxygen atoms in total. The van der Waals surface area contributed by atoms with Crippen LogP contribution in [0.15, 0.2) is 39.5 Å². The number of anilines is 1. The summed E-state index contributed by atoms with van der Waals surface area (Å²) < 4.78 is 1.31. The molecule has 0 aromatic carbocycles. The van der Waals surface area contributed by atoms with Crippen molar-refractivity contribution in [2.75, 3.05) is 5.32 Å². The van der Waals surface area contributed by atoms with Crippen molar-refractivity contribution in [1.82, 2.24) is 19.7 Å². The van der Waals surface area contributed by atoms with E-state index in [1.165, 1.54) is 39.1 Å². The first kappa shape index (κ1) is 15.1. The Bertz CT molecular complexity index is 1050. The Morgan fingerprint density at radius 1 is 1.29 bits per heavy atom. The molecule has 0 aliphatic rings. The fourth-order valence-corrected chi connectivity index (χ4v) is 4.42. The van der Waals surface area contributed by atoms with Gasteiger partial charge in [0.15, 0.2) is 0 Å². The molecule has 4 rings (SSSR count). The monoisotopic (exact) mass is 375 g/mol. The normalized spacial score (nSPS) is 11.0. The number of thiophene rings is 2. The van der Waals surface area contributed by atoms with Crippen molar-refractivity contribution in [3.05, 3.63) is 45.1 Å². The number of fused-ring (bicyclic) bond motifs is 1. The van der Waals surface area contributed by atoms with Crippen molar-refractivity contribution in [2.24, 2.45) is 0 Å². The van der Waals surface area contributed by atoms with Gasteiger partial charge >= 0.3 is 0 Å². The first-order valence-corrected chi connectivity index (χ1v) is 9.43. The molecule has 0 unspecified atom stereocenters. The van der Waals surface area contributed by atoms with E-state index >= 15 is 0 Å². The molecule has 0 fully saturated rings. The molecule has 1 amide bonds. The van der Waals surface area contributed by atoms with Gasteiger partial charge in [-0.3, -0.25) is 19.5 Å². The third-order valence-corrected chi connectivity index (χ3v) is 5.66. The van der Waals surface area contributed by atoms with E-state index < -0.39 is 0 Å². The summed E-state index contributed by atoms with van der Waals surface area (Å²) >= 11 is 4.20. The van der Waals surface area contributed by atoms with Gasteiger partial charge in [-0.1, -0.05) is 17.4 Å². The molecular weight excluding hydrogens is 366 g/mol. The highest BCUT2D eigenvalue weighted by Crippen LogP contribution is 2.33. The predicted molar refractivity (Wildman–Crippen MR) is 95.7 cm³/mol. The first-order chi connectivity index (χ1) is 11.7. The Balaban J connectivity index is 1.69. The van der Waals surface area contributed by atoms with Crippen LogP contribution in [0.2, 0.25) is 0 Å². The largest absolute Gasteiger partial charge is 0.299 e. The fourth-order valence-electron chi connectivity index (χ4n) is 2.23. The zero-order chi connectivity index (χ0) is 16.5. The van der Waals surface area contributed by atoms with Crippen LogP contribution in [-0.2, 0) is 11.3 Å². The zero-order valence-corrected chi connectivity index (χ0v) is 14.5. The van der Waals surface area contributed by atoms with E-state index in [0.29, 0.717) is 15.3 Å². The van der Waals surface area contributed by atoms with Crippen LogP contribution in [0.4, 0.5) is 5.13 Å². The maximum absolute atomic E-state index is 12.8. The molecule has 1 N–H and O–H groups in total. The molecule has 0 atom stereocenters. The van der Waals surface area contributed by atoms with Gasteiger partial charge in [0.05, 0.1) is 11.7 Å². The average Bonchev–Trinajstić information content (AvgIpc) is 3.29. The maximum Gasteiger partial charge on any atom is 0.263 e. The molecule has 4 aromatic rings. The molecule has 0 spiro atoms. The van der Waals surface area contributed by atoms with Gasteiger partial charge < -0.3 is 0 Å². The van der Waals surface area contributed by atoms with Gasteiger partial charge in [0.1, 0.15) is 16.9 Å². The highest BCUT2D eigenvalue weighted by atomic mass is 32.1. The first-order valence-electron chi connectivity index (χ1n) is 6.79. The summed E-state index contributed by atoms with van der Waals surface area (Å²) in [5.41, 5.74) is 2.16. The van der Waals surface area contributed by atoms with Crippen LogP contribution in [0.25, 0.3) is 20.7 Å². The van der Waals surface area contributed by atoms with Crippen LogP contribution in [0, 0.1) is 0 Å². The molecular formula is C14H9N5O2S3. The standard InChI is InChI=1S/C14H9N5O2S3/c20-10(17-14-18-16-7-24-14)4-19-6-15-12-11(13(19)21)8(5-23-12)9-2-1-3-22-9/h1-3,5-7H,4H2,(H,17,18,20). The van der Waals surface area contributed by atoms with Gasteiger partial charge in [0, 0.05) is 15.8 Å². The summed E-state index contributed by atoms with van der Waals surface area (Å²) in [6.07, 6.45) is 1.40. The number of rotatable bonds is 4. The number of aromatic nitrogens is 4. The molecule has 24 heavy (non-hydrogen) atoms. The van der Waals surface area contributed by atoms with E-state index in [1.54, 1.807) is 11.3 Å². The van der Waals surface area contributed by atoms with E-state index in [0.717, 1.165) is 10.4 Å². The van der Waals surface area contributed by atoms with Crippen molar-refractivity contribution in [3.8, 4) is 10.4 Å². The van der Waals surface area contributed by atoms with Gasteiger partial charge in [-0.25, -0.2) is 4.98 Å². The predicted octanol–water partition coefficient (Wildman–Crippen LogP) is 2.68. The third-order valence-electron chi connectivity index (χ3n) is 3.27. The Morgan fingerprint density at radius 2 is 2.21 bits per heavy atom. The van der Waals surface area contributed by atoms with Crippen molar-refractivity contribution < 1.29 is 4.79 Å². The smallest absolute Gasteiger partial charge is 0.263 e. The van der Waals surface area contributed by atoms with Crippen molar-refractivity contribution in [2.45, 2.75) is 6.54 Å². The summed E-state index contributed by atoms with van der Waals surface area (Å²) in [6.45, 7) is -0.124. The summed E-state index contributed by atoms with van der Waals surface area (Å²) in [4.78, 5) is 30.8. The van der Waals surface area contributed by atoms with Crippen LogP contribution in [0.5, 0.6) is 0 Å². The second-order valence-electron chi connectivity index (χ2n) is 4.78. The zero-order valence-electron chi connectivity index (χ0n) is 12.0. The highest BCUT2D eigenvalue weighted by molar-refractivity contribution is 7.18. The number of hydrogen-bond donors (Lipinski definition) is 1. The Morgan fingerprint density at radius 3 is 2.96 bits per heavy atom. The van der Waals surface area contributed by atoms with Gasteiger partial charge in [0.2, 0.25) is 11.0 Å². The second-order valence-corrected chi connectivity index (χ2v) is 7.42. The summed E-state index contributed by atoms with van der Waals surface area (Å²) in [7, 11) is 0. The van der Waals surface area contributed by atoms with E-state index in [-0.39, 0.29) is 18.0 Å². The number of hydrogen-bond acceptors (Lipinski definition) is 8. The minimum atomic E-state index is -0.345. The molecule has 10 heteroatoms. The highest BCUT2D eigenvalue weighted by Gasteiger charge is 2.15. The van der Waals surface area contributed by atoms with Gasteiger partial charge in [-0.2, -0.15) is 0 Å². The van der Waals surface area contributed by atoms with Crippen LogP contribution >= 0.6 is 34.0 Å². The topological polar surface area (TPSA) is 89.8 Å². The summed E-state index contributed by atoms with van der Waals surface area (Å²) in [6, 6.07) is 3.90. The van der Waals surface area contributed by atoms with Crippen molar-refractivity contribution in [3.63, 3.8) is 0 Å². The molecule has 0 saturated carbocycles. The quantitative estimate of drug-likeness (QED) is 0.592. The van der Waals surface area contributed by atoms with Gasteiger partial charge in [-0.15, -0.1) is 32.9 Å². The Kier molecular flexibility index (Phi) is 3.92. The Labute approximate surface area is 147 Å². The number of nitrogens with one attached hydrogen (secondary N) is 1. The fraction of sp³-hybridized carbons (Fsp3) is 0.0714. The number of nitrogens with zero attached hydrogens (tertiary/aromatic N) is 4. The van der Waals surface area contributed by atoms with Crippen molar-refractivity contribution >= 4 is 55.3 Å². The SMILES string of the molecule is O=C(Cn1cnc2scc(-c3cccs3)c2c1=O)Nc1nncs1. The van der Waals surface area contributed by atoms with Gasteiger partial charge in [-0.05, 0) is 11.4 Å². The lowest BCUT2D eigenvalue weighted by atomic mass is 10.2. The van der Waals surface area contributed by atoms with E-state index in [2.05, 4.69) is 20.5 Å². The molecule has 4 heterocycles. The molecule has 0 bridgehead atoms. The summed E-state index contributed by atoms with van der Waals surface area (Å²) in [5, 5.41) is 14.8. The number of carbonyl (C=O) groups is 1. The minimum Gasteiger partial charge on any atom is -0.299 e. The molecule has 0 saturated heterocycles. The molecule has 0 radical (unpaired) electrons. The lowest BCUT2D eigenvalue weighted by Crippen LogP contribution is -2.27. The van der Waals surface area contributed by atoms with Gasteiger partial charge in [0.25, 0.3) is 5.56 Å². The minimum absolute atomic E-state index is 0.124. The van der Waals surface area contributed by atoms with E-state index in [1.807, 2.05) is 22.9 Å². The Hall–Kier alpha value is -2.43. The van der Waals surface area contributed by atoms with Crippen LogP contribution in [0.1, 0.15) is 0 Å². The lowest BCUT2D eigenvalue weighted by Gasteiger charge is -2.05. The maximum atomic E-state index is 12.8. The molecule has 4 aromatic heterocycles. The summed E-state index contributed by atoms with van der Waals surface area (Å²) in [5.74, 6) is -0.345. The molecule has 120 valence electrons. The van der Waals surface area contributed by atoms with Crippen molar-refractivity contribution in [1.29, 1.82) is 0 Å². The van der Waals surface area contributed by atoms with Crippen LogP contribution < -0.4 is 10.9 Å². The van der Waals surface area contributed by atoms with Crippen LogP contribution in [-0.4, -0.2) is 25.7 Å². The molecule has 0 aliphatic carbocycles. The number of amides is 1. The van der Waals surface area contributed by atoms with E-state index in [9.17, 15) is 9.59 Å². The third kappa shape index (κ3) is 2.75.